The fourth-order valence-corrected chi connectivity index (χ4v) is 2.96. The minimum absolute atomic E-state index is 0.221. The van der Waals surface area contributed by atoms with Crippen LogP contribution in [-0.2, 0) is 13.0 Å². The minimum atomic E-state index is -0.724. The highest BCUT2D eigenvalue weighted by Crippen LogP contribution is 2.17. The van der Waals surface area contributed by atoms with Gasteiger partial charge in [-0.25, -0.2) is 9.67 Å². The Morgan fingerprint density at radius 3 is 2.46 bits per heavy atom. The van der Waals surface area contributed by atoms with Gasteiger partial charge in [0.15, 0.2) is 5.65 Å². The van der Waals surface area contributed by atoms with E-state index in [0.717, 1.165) is 11.1 Å². The molecule has 6 heteroatoms. The van der Waals surface area contributed by atoms with Gasteiger partial charge in [0.05, 0.1) is 18.8 Å². The molecule has 0 fully saturated rings. The van der Waals surface area contributed by atoms with Crippen LogP contribution in [0.5, 0.6) is 0 Å². The largest absolute Gasteiger partial charge is 0.386 e. The van der Waals surface area contributed by atoms with Crippen LogP contribution in [0, 0.1) is 0 Å². The molecule has 0 radical (unpaired) electrons. The number of aromatic amines is 1. The maximum Gasteiger partial charge on any atom is 0.262 e. The Kier molecular flexibility index (Phi) is 4.33. The van der Waals surface area contributed by atoms with Gasteiger partial charge < -0.3 is 10.1 Å². The van der Waals surface area contributed by atoms with Crippen LogP contribution in [0.4, 0.5) is 0 Å². The van der Waals surface area contributed by atoms with Crippen LogP contribution < -0.4 is 5.56 Å². The third-order valence-corrected chi connectivity index (χ3v) is 4.30. The monoisotopic (exact) mass is 346 g/mol. The summed E-state index contributed by atoms with van der Waals surface area (Å²) < 4.78 is 1.58. The summed E-state index contributed by atoms with van der Waals surface area (Å²) in [5.74, 6) is 0.574. The molecule has 1 atom stereocenters. The first-order valence-electron chi connectivity index (χ1n) is 8.42. The molecule has 0 aliphatic rings. The number of aliphatic hydroxyl groups excluding tert-OH is 1. The van der Waals surface area contributed by atoms with Crippen LogP contribution in [0.2, 0.25) is 0 Å². The lowest BCUT2D eigenvalue weighted by Crippen LogP contribution is -2.15. The molecule has 0 aliphatic carbocycles. The molecule has 2 aromatic heterocycles. The quantitative estimate of drug-likeness (QED) is 0.581. The smallest absolute Gasteiger partial charge is 0.262 e. The molecule has 0 saturated carbocycles. The standard InChI is InChI=1S/C20H18N4O2/c25-17(15-9-5-2-6-10-15)13-24-19-16(12-21-24)20(26)23-18(22-19)11-14-7-3-1-4-8-14/h1-10,12,17,25H,11,13H2,(H,22,23,26). The molecule has 0 saturated heterocycles. The highest BCUT2D eigenvalue weighted by Gasteiger charge is 2.14. The molecule has 2 aromatic carbocycles. The normalized spacial score (nSPS) is 12.3. The van der Waals surface area contributed by atoms with Crippen molar-refractivity contribution in [2.24, 2.45) is 0 Å². The number of hydrogen-bond acceptors (Lipinski definition) is 4. The topological polar surface area (TPSA) is 83.8 Å². The van der Waals surface area contributed by atoms with Crippen molar-refractivity contribution in [3.05, 3.63) is 94.2 Å². The van der Waals surface area contributed by atoms with Crippen molar-refractivity contribution in [2.75, 3.05) is 0 Å². The first kappa shape index (κ1) is 16.2. The first-order valence-corrected chi connectivity index (χ1v) is 8.42. The maximum absolute atomic E-state index is 12.3. The SMILES string of the molecule is O=c1[nH]c(Cc2ccccc2)nc2c1cnn2CC(O)c1ccccc1. The van der Waals surface area contributed by atoms with Crippen molar-refractivity contribution in [1.82, 2.24) is 19.7 Å². The second kappa shape index (κ2) is 6.93. The summed E-state index contributed by atoms with van der Waals surface area (Å²) in [5.41, 5.74) is 2.12. The Bertz CT molecular complexity index is 1070. The molecule has 0 spiro atoms. The van der Waals surface area contributed by atoms with Crippen LogP contribution in [0.1, 0.15) is 23.1 Å². The molecular weight excluding hydrogens is 328 g/mol. The summed E-state index contributed by atoms with van der Waals surface area (Å²) >= 11 is 0. The molecule has 1 unspecified atom stereocenters. The number of fused-ring (bicyclic) bond motifs is 1. The lowest BCUT2D eigenvalue weighted by molar-refractivity contribution is 0.153. The summed E-state index contributed by atoms with van der Waals surface area (Å²) in [6.07, 6.45) is 1.29. The molecule has 26 heavy (non-hydrogen) atoms. The van der Waals surface area contributed by atoms with Crippen molar-refractivity contribution in [3.8, 4) is 0 Å². The van der Waals surface area contributed by atoms with Gasteiger partial charge in [0.1, 0.15) is 11.2 Å². The van der Waals surface area contributed by atoms with Gasteiger partial charge in [0.25, 0.3) is 5.56 Å². The number of hydrogen-bond donors (Lipinski definition) is 2. The Hall–Kier alpha value is -3.25. The van der Waals surface area contributed by atoms with E-state index >= 15 is 0 Å². The van der Waals surface area contributed by atoms with Crippen LogP contribution >= 0.6 is 0 Å². The number of nitrogens with one attached hydrogen (secondary N) is 1. The fraction of sp³-hybridized carbons (Fsp3) is 0.150. The predicted molar refractivity (Wildman–Crippen MR) is 98.8 cm³/mol. The molecule has 4 rings (SSSR count). The van der Waals surface area contributed by atoms with E-state index in [9.17, 15) is 9.90 Å². The highest BCUT2D eigenvalue weighted by molar-refractivity contribution is 5.73. The summed E-state index contributed by atoms with van der Waals surface area (Å²) in [6, 6.07) is 19.2. The van der Waals surface area contributed by atoms with Gasteiger partial charge in [-0.2, -0.15) is 5.10 Å². The molecular formula is C20H18N4O2. The third-order valence-electron chi connectivity index (χ3n) is 4.30. The van der Waals surface area contributed by atoms with Crippen molar-refractivity contribution in [2.45, 2.75) is 19.1 Å². The van der Waals surface area contributed by atoms with E-state index in [2.05, 4.69) is 15.1 Å². The van der Waals surface area contributed by atoms with E-state index in [4.69, 9.17) is 0 Å². The van der Waals surface area contributed by atoms with E-state index in [1.807, 2.05) is 60.7 Å². The number of nitrogens with zero attached hydrogens (tertiary/aromatic N) is 3. The zero-order valence-electron chi connectivity index (χ0n) is 14.0. The van der Waals surface area contributed by atoms with E-state index in [0.29, 0.717) is 23.3 Å². The highest BCUT2D eigenvalue weighted by atomic mass is 16.3. The van der Waals surface area contributed by atoms with Crippen LogP contribution in [0.15, 0.2) is 71.7 Å². The lowest BCUT2D eigenvalue weighted by atomic mass is 10.1. The third kappa shape index (κ3) is 3.27. The van der Waals surface area contributed by atoms with Crippen LogP contribution in [0.25, 0.3) is 11.0 Å². The Labute approximate surface area is 149 Å². The second-order valence-corrected chi connectivity index (χ2v) is 6.17. The van der Waals surface area contributed by atoms with Crippen molar-refractivity contribution in [1.29, 1.82) is 0 Å². The number of aromatic nitrogens is 4. The molecule has 130 valence electrons. The molecule has 2 heterocycles. The lowest BCUT2D eigenvalue weighted by Gasteiger charge is -2.11. The summed E-state index contributed by atoms with van der Waals surface area (Å²) in [6.45, 7) is 0.231. The number of benzene rings is 2. The van der Waals surface area contributed by atoms with Gasteiger partial charge >= 0.3 is 0 Å². The van der Waals surface area contributed by atoms with E-state index in [1.54, 1.807) is 4.68 Å². The number of aliphatic hydroxyl groups is 1. The molecule has 0 aliphatic heterocycles. The summed E-state index contributed by atoms with van der Waals surface area (Å²) in [7, 11) is 0. The summed E-state index contributed by atoms with van der Waals surface area (Å²) in [5, 5.41) is 15.1. The van der Waals surface area contributed by atoms with Crippen LogP contribution in [0.3, 0.4) is 0 Å². The Balaban J connectivity index is 1.67. The van der Waals surface area contributed by atoms with Crippen molar-refractivity contribution < 1.29 is 5.11 Å². The van der Waals surface area contributed by atoms with Gasteiger partial charge in [-0.3, -0.25) is 4.79 Å². The van der Waals surface area contributed by atoms with E-state index in [-0.39, 0.29) is 12.1 Å². The Morgan fingerprint density at radius 1 is 1.04 bits per heavy atom. The molecule has 6 nitrogen and oxygen atoms in total. The Morgan fingerprint density at radius 2 is 1.73 bits per heavy atom. The van der Waals surface area contributed by atoms with Gasteiger partial charge in [0.2, 0.25) is 0 Å². The number of H-pyrrole nitrogens is 1. The average molecular weight is 346 g/mol. The second-order valence-electron chi connectivity index (χ2n) is 6.17. The first-order chi connectivity index (χ1) is 12.7. The van der Waals surface area contributed by atoms with Gasteiger partial charge in [-0.15, -0.1) is 0 Å². The number of rotatable bonds is 5. The predicted octanol–water partition coefficient (Wildman–Crippen LogP) is 2.44. The average Bonchev–Trinajstić information content (AvgIpc) is 3.06. The van der Waals surface area contributed by atoms with Crippen LogP contribution in [-0.4, -0.2) is 24.9 Å². The van der Waals surface area contributed by atoms with Gasteiger partial charge in [-0.1, -0.05) is 60.7 Å². The van der Waals surface area contributed by atoms with Crippen molar-refractivity contribution in [3.63, 3.8) is 0 Å². The van der Waals surface area contributed by atoms with E-state index in [1.165, 1.54) is 6.20 Å². The summed E-state index contributed by atoms with van der Waals surface area (Å²) in [4.78, 5) is 19.7. The van der Waals surface area contributed by atoms with Crippen molar-refractivity contribution >= 4 is 11.0 Å². The zero-order chi connectivity index (χ0) is 17.9. The molecule has 4 aromatic rings. The molecule has 2 N–H and O–H groups in total. The minimum Gasteiger partial charge on any atom is -0.386 e. The molecule has 0 amide bonds. The fourth-order valence-electron chi connectivity index (χ4n) is 2.96. The zero-order valence-corrected chi connectivity index (χ0v) is 14.0. The van der Waals surface area contributed by atoms with Gasteiger partial charge in [-0.05, 0) is 11.1 Å². The molecule has 0 bridgehead atoms. The van der Waals surface area contributed by atoms with E-state index < -0.39 is 6.10 Å². The van der Waals surface area contributed by atoms with Gasteiger partial charge in [0, 0.05) is 6.42 Å². The maximum atomic E-state index is 12.3.